The summed E-state index contributed by atoms with van der Waals surface area (Å²) >= 11 is 0. The summed E-state index contributed by atoms with van der Waals surface area (Å²) in [4.78, 5) is 16.1. The van der Waals surface area contributed by atoms with Crippen LogP contribution in [0.25, 0.3) is 11.0 Å². The number of hydrogen-bond donors (Lipinski definition) is 3. The van der Waals surface area contributed by atoms with Crippen LogP contribution in [0, 0.1) is 6.92 Å². The van der Waals surface area contributed by atoms with Crippen LogP contribution in [-0.2, 0) is 21.2 Å². The van der Waals surface area contributed by atoms with E-state index in [4.69, 9.17) is 4.42 Å². The molecule has 152 valence electrons. The molecule has 0 aliphatic carbocycles. The van der Waals surface area contributed by atoms with Crippen molar-refractivity contribution in [3.8, 4) is 0 Å². The molecule has 1 fully saturated rings. The lowest BCUT2D eigenvalue weighted by Gasteiger charge is -2.13. The van der Waals surface area contributed by atoms with E-state index in [0.29, 0.717) is 25.5 Å². The van der Waals surface area contributed by atoms with Crippen LogP contribution in [0.4, 0.5) is 0 Å². The number of rotatable bonds is 6. The molecule has 8 nitrogen and oxygen atoms in total. The van der Waals surface area contributed by atoms with Gasteiger partial charge in [-0.25, -0.2) is 8.42 Å². The fraction of sp³-hybridized carbons (Fsp3) is 0.474. The molecule has 1 aromatic heterocycles. The predicted molar refractivity (Wildman–Crippen MR) is 109 cm³/mol. The molecule has 0 saturated carbocycles. The predicted octanol–water partition coefficient (Wildman–Crippen LogP) is 1.10. The molecule has 1 aliphatic rings. The number of fused-ring (bicyclic) bond motifs is 1. The average Bonchev–Trinajstić information content (AvgIpc) is 3.17. The van der Waals surface area contributed by atoms with Crippen LogP contribution in [0.5, 0.6) is 0 Å². The highest BCUT2D eigenvalue weighted by Crippen LogP contribution is 2.24. The van der Waals surface area contributed by atoms with Crippen LogP contribution < -0.4 is 16.0 Å². The topological polar surface area (TPSA) is 113 Å². The molecule has 1 amide bonds. The third kappa shape index (κ3) is 5.03. The van der Waals surface area contributed by atoms with E-state index in [2.05, 4.69) is 20.9 Å². The second-order valence-electron chi connectivity index (χ2n) is 6.92. The molecule has 0 bridgehead atoms. The van der Waals surface area contributed by atoms with Gasteiger partial charge in [-0.3, -0.25) is 9.79 Å². The van der Waals surface area contributed by atoms with Crippen molar-refractivity contribution in [2.24, 2.45) is 4.99 Å². The van der Waals surface area contributed by atoms with Gasteiger partial charge in [0.15, 0.2) is 15.8 Å². The van der Waals surface area contributed by atoms with Gasteiger partial charge in [0.2, 0.25) is 5.91 Å². The van der Waals surface area contributed by atoms with Gasteiger partial charge in [-0.15, -0.1) is 0 Å². The molecule has 1 unspecified atom stereocenters. The lowest BCUT2D eigenvalue weighted by Crippen LogP contribution is -2.41. The monoisotopic (exact) mass is 406 g/mol. The molecule has 2 aromatic rings. The number of amides is 1. The van der Waals surface area contributed by atoms with Crippen molar-refractivity contribution in [3.05, 3.63) is 35.6 Å². The Bertz CT molecular complexity index is 981. The van der Waals surface area contributed by atoms with E-state index in [0.717, 1.165) is 22.3 Å². The van der Waals surface area contributed by atoms with E-state index in [9.17, 15) is 13.2 Å². The number of aliphatic imine (C=N–C) groups is 1. The molecule has 1 aromatic carbocycles. The van der Waals surface area contributed by atoms with Crippen LogP contribution in [-0.4, -0.2) is 51.4 Å². The maximum absolute atomic E-state index is 12.0. The summed E-state index contributed by atoms with van der Waals surface area (Å²) in [6.07, 6.45) is 0.725. The number of guanidine groups is 1. The highest BCUT2D eigenvalue weighted by atomic mass is 32.2. The summed E-state index contributed by atoms with van der Waals surface area (Å²) in [6.45, 7) is 2.89. The quantitative estimate of drug-likeness (QED) is 0.489. The molecule has 0 radical (unpaired) electrons. The third-order valence-electron chi connectivity index (χ3n) is 4.82. The molecule has 1 atom stereocenters. The van der Waals surface area contributed by atoms with E-state index in [1.807, 2.05) is 31.2 Å². The molecule has 3 N–H and O–H groups in total. The first-order chi connectivity index (χ1) is 13.4. The fourth-order valence-electron chi connectivity index (χ4n) is 3.28. The van der Waals surface area contributed by atoms with Crippen LogP contribution in [0.3, 0.4) is 0 Å². The van der Waals surface area contributed by atoms with Crippen molar-refractivity contribution in [2.75, 3.05) is 25.1 Å². The zero-order valence-electron chi connectivity index (χ0n) is 16.1. The molecule has 0 spiro atoms. The molecule has 3 rings (SSSR count). The highest BCUT2D eigenvalue weighted by Gasteiger charge is 2.28. The first-order valence-electron chi connectivity index (χ1n) is 9.29. The first-order valence-corrected chi connectivity index (χ1v) is 11.1. The Labute approximate surface area is 164 Å². The number of benzene rings is 1. The van der Waals surface area contributed by atoms with Crippen molar-refractivity contribution in [1.82, 2.24) is 16.0 Å². The zero-order valence-corrected chi connectivity index (χ0v) is 16.9. The van der Waals surface area contributed by atoms with Gasteiger partial charge in [-0.1, -0.05) is 18.2 Å². The van der Waals surface area contributed by atoms with Crippen molar-refractivity contribution in [2.45, 2.75) is 32.4 Å². The van der Waals surface area contributed by atoms with Gasteiger partial charge in [0, 0.05) is 37.0 Å². The minimum atomic E-state index is -2.99. The fourth-order valence-corrected chi connectivity index (χ4v) is 4.95. The minimum Gasteiger partial charge on any atom is -0.459 e. The summed E-state index contributed by atoms with van der Waals surface area (Å²) < 4.78 is 28.7. The number of hydrogen-bond acceptors (Lipinski definition) is 5. The van der Waals surface area contributed by atoms with E-state index >= 15 is 0 Å². The zero-order chi connectivity index (χ0) is 20.1. The summed E-state index contributed by atoms with van der Waals surface area (Å²) in [5, 5.41) is 10.1. The Morgan fingerprint density at radius 1 is 1.29 bits per heavy atom. The first kappa shape index (κ1) is 20.2. The Balaban J connectivity index is 1.43. The maximum Gasteiger partial charge on any atom is 0.222 e. The Morgan fingerprint density at radius 3 is 2.75 bits per heavy atom. The second kappa shape index (κ2) is 8.64. The number of para-hydroxylation sites is 1. The SMILES string of the molecule is CN=C(NCCC(=O)NC1CCS(=O)(=O)C1)NCc1oc2ccccc2c1C. The Kier molecular flexibility index (Phi) is 6.23. The lowest BCUT2D eigenvalue weighted by atomic mass is 10.1. The van der Waals surface area contributed by atoms with Crippen molar-refractivity contribution >= 4 is 32.7 Å². The van der Waals surface area contributed by atoms with Crippen LogP contribution in [0.2, 0.25) is 0 Å². The molecular weight excluding hydrogens is 380 g/mol. The number of carbonyl (C=O) groups excluding carboxylic acids is 1. The van der Waals surface area contributed by atoms with E-state index in [-0.39, 0.29) is 29.9 Å². The van der Waals surface area contributed by atoms with Gasteiger partial charge in [0.1, 0.15) is 11.3 Å². The highest BCUT2D eigenvalue weighted by molar-refractivity contribution is 7.91. The van der Waals surface area contributed by atoms with E-state index in [1.54, 1.807) is 7.05 Å². The minimum absolute atomic E-state index is 0.0340. The summed E-state index contributed by atoms with van der Waals surface area (Å²) in [7, 11) is -1.34. The van der Waals surface area contributed by atoms with Crippen molar-refractivity contribution < 1.29 is 17.6 Å². The Hall–Kier alpha value is -2.55. The van der Waals surface area contributed by atoms with Gasteiger partial charge in [-0.05, 0) is 19.4 Å². The summed E-state index contributed by atoms with van der Waals surface area (Å²) in [6, 6.07) is 7.61. The molecule has 9 heteroatoms. The molecule has 2 heterocycles. The number of carbonyl (C=O) groups is 1. The van der Waals surface area contributed by atoms with Gasteiger partial charge in [0.05, 0.1) is 18.1 Å². The van der Waals surface area contributed by atoms with Gasteiger partial charge < -0.3 is 20.4 Å². The number of nitrogens with zero attached hydrogens (tertiary/aromatic N) is 1. The van der Waals surface area contributed by atoms with Gasteiger partial charge in [0.25, 0.3) is 0 Å². The second-order valence-corrected chi connectivity index (χ2v) is 9.15. The van der Waals surface area contributed by atoms with Crippen LogP contribution in [0.1, 0.15) is 24.2 Å². The van der Waals surface area contributed by atoms with E-state index in [1.165, 1.54) is 0 Å². The van der Waals surface area contributed by atoms with Gasteiger partial charge in [-0.2, -0.15) is 0 Å². The number of nitrogens with one attached hydrogen (secondary N) is 3. The number of furan rings is 1. The number of aryl methyl sites for hydroxylation is 1. The number of sulfone groups is 1. The standard InChI is InChI=1S/C19H26N4O4S/c1-13-15-5-3-4-6-16(15)27-17(13)11-22-19(20-2)21-9-7-18(24)23-14-8-10-28(25,26)12-14/h3-6,14H,7-12H2,1-2H3,(H,23,24)(H2,20,21,22). The van der Waals surface area contributed by atoms with Crippen molar-refractivity contribution in [3.63, 3.8) is 0 Å². The smallest absolute Gasteiger partial charge is 0.222 e. The van der Waals surface area contributed by atoms with Crippen LogP contribution >= 0.6 is 0 Å². The molecule has 1 aliphatic heterocycles. The summed E-state index contributed by atoms with van der Waals surface area (Å²) in [5.74, 6) is 1.42. The lowest BCUT2D eigenvalue weighted by molar-refractivity contribution is -0.121. The largest absolute Gasteiger partial charge is 0.459 e. The van der Waals surface area contributed by atoms with Crippen LogP contribution in [0.15, 0.2) is 33.7 Å². The van der Waals surface area contributed by atoms with Crippen molar-refractivity contribution in [1.29, 1.82) is 0 Å². The molecule has 1 saturated heterocycles. The van der Waals surface area contributed by atoms with Gasteiger partial charge >= 0.3 is 0 Å². The van der Waals surface area contributed by atoms with E-state index < -0.39 is 9.84 Å². The summed E-state index contributed by atoms with van der Waals surface area (Å²) in [5.41, 5.74) is 1.94. The average molecular weight is 407 g/mol. The maximum atomic E-state index is 12.0. The molecular formula is C19H26N4O4S. The Morgan fingerprint density at radius 2 is 2.07 bits per heavy atom. The normalized spacial score (nSPS) is 18.9. The molecule has 28 heavy (non-hydrogen) atoms. The third-order valence-corrected chi connectivity index (χ3v) is 6.59.